The van der Waals surface area contributed by atoms with E-state index in [1.807, 2.05) is 30.3 Å². The smallest absolute Gasteiger partial charge is 0.258 e. The van der Waals surface area contributed by atoms with E-state index in [-0.39, 0.29) is 36.7 Å². The SMILES string of the molecule is O=C(NCc1ccccc1)C1(F)CCN(S(=O)(=O)c2cccs2)CC1. The number of thiophene rings is 1. The zero-order chi connectivity index (χ0) is 17.9. The number of hydrogen-bond donors (Lipinski definition) is 1. The molecular weight excluding hydrogens is 363 g/mol. The Labute approximate surface area is 150 Å². The van der Waals surface area contributed by atoms with Crippen molar-refractivity contribution in [1.82, 2.24) is 9.62 Å². The van der Waals surface area contributed by atoms with Crippen molar-refractivity contribution in [3.8, 4) is 0 Å². The lowest BCUT2D eigenvalue weighted by molar-refractivity contribution is -0.135. The first-order chi connectivity index (χ1) is 11.9. The molecule has 0 saturated carbocycles. The average molecular weight is 382 g/mol. The first-order valence-corrected chi connectivity index (χ1v) is 10.3. The van der Waals surface area contributed by atoms with Crippen molar-refractivity contribution in [2.45, 2.75) is 29.3 Å². The quantitative estimate of drug-likeness (QED) is 0.864. The second-order valence-electron chi connectivity index (χ2n) is 5.97. The van der Waals surface area contributed by atoms with Gasteiger partial charge in [0.05, 0.1) is 0 Å². The largest absolute Gasteiger partial charge is 0.349 e. The maximum absolute atomic E-state index is 14.9. The lowest BCUT2D eigenvalue weighted by Crippen LogP contribution is -2.51. The van der Waals surface area contributed by atoms with E-state index in [1.54, 1.807) is 11.4 Å². The molecule has 1 fully saturated rings. The fourth-order valence-electron chi connectivity index (χ4n) is 2.78. The molecule has 8 heteroatoms. The molecule has 1 amide bonds. The van der Waals surface area contributed by atoms with Crippen LogP contribution in [0.1, 0.15) is 18.4 Å². The predicted molar refractivity (Wildman–Crippen MR) is 94.4 cm³/mol. The van der Waals surface area contributed by atoms with Gasteiger partial charge in [-0.15, -0.1) is 11.3 Å². The van der Waals surface area contributed by atoms with E-state index in [4.69, 9.17) is 0 Å². The summed E-state index contributed by atoms with van der Waals surface area (Å²) in [7, 11) is -3.60. The third-order valence-corrected chi connectivity index (χ3v) is 7.58. The maximum atomic E-state index is 14.9. The summed E-state index contributed by atoms with van der Waals surface area (Å²) < 4.78 is 41.3. The van der Waals surface area contributed by atoms with Crippen molar-refractivity contribution in [3.05, 3.63) is 53.4 Å². The molecule has 5 nitrogen and oxygen atoms in total. The summed E-state index contributed by atoms with van der Waals surface area (Å²) in [6.45, 7) is 0.244. The molecule has 134 valence electrons. The van der Waals surface area contributed by atoms with Gasteiger partial charge in [0, 0.05) is 32.5 Å². The Balaban J connectivity index is 1.59. The molecule has 1 saturated heterocycles. The van der Waals surface area contributed by atoms with E-state index in [0.717, 1.165) is 16.9 Å². The Hall–Kier alpha value is -1.77. The van der Waals surface area contributed by atoms with Crippen LogP contribution in [0, 0.1) is 0 Å². The molecule has 0 unspecified atom stereocenters. The van der Waals surface area contributed by atoms with Crippen LogP contribution in [0.4, 0.5) is 4.39 Å². The standard InChI is InChI=1S/C17H19FN2O3S2/c18-17(16(21)19-13-14-5-2-1-3-6-14)8-10-20(11-9-17)25(22,23)15-7-4-12-24-15/h1-7,12H,8-11,13H2,(H,19,21). The van der Waals surface area contributed by atoms with Gasteiger partial charge in [-0.25, -0.2) is 12.8 Å². The zero-order valence-corrected chi connectivity index (χ0v) is 15.2. The van der Waals surface area contributed by atoms with E-state index in [9.17, 15) is 17.6 Å². The second-order valence-corrected chi connectivity index (χ2v) is 9.08. The van der Waals surface area contributed by atoms with Gasteiger partial charge in [-0.1, -0.05) is 36.4 Å². The summed E-state index contributed by atoms with van der Waals surface area (Å²) in [6, 6.07) is 12.5. The van der Waals surface area contributed by atoms with Crippen LogP contribution in [0.5, 0.6) is 0 Å². The Kier molecular flexibility index (Phi) is 5.21. The van der Waals surface area contributed by atoms with Gasteiger partial charge >= 0.3 is 0 Å². The van der Waals surface area contributed by atoms with E-state index in [0.29, 0.717) is 0 Å². The number of carbonyl (C=O) groups excluding carboxylic acids is 1. The number of sulfonamides is 1. The number of nitrogens with zero attached hydrogens (tertiary/aromatic N) is 1. The van der Waals surface area contributed by atoms with Crippen molar-refractivity contribution >= 4 is 27.3 Å². The minimum atomic E-state index is -3.60. The van der Waals surface area contributed by atoms with Gasteiger partial charge in [-0.05, 0) is 17.0 Å². The number of hydrogen-bond acceptors (Lipinski definition) is 4. The second kappa shape index (κ2) is 7.23. The number of alkyl halides is 1. The Morgan fingerprint density at radius 3 is 2.44 bits per heavy atom. The molecule has 25 heavy (non-hydrogen) atoms. The number of halogens is 1. The van der Waals surface area contributed by atoms with Gasteiger partial charge in [0.2, 0.25) is 0 Å². The number of nitrogens with one attached hydrogen (secondary N) is 1. The van der Waals surface area contributed by atoms with E-state index >= 15 is 0 Å². The number of amides is 1. The highest BCUT2D eigenvalue weighted by atomic mass is 32.2. The minimum Gasteiger partial charge on any atom is -0.349 e. The lowest BCUT2D eigenvalue weighted by Gasteiger charge is -2.34. The van der Waals surface area contributed by atoms with E-state index in [1.165, 1.54) is 10.4 Å². The van der Waals surface area contributed by atoms with Crippen molar-refractivity contribution in [2.24, 2.45) is 0 Å². The minimum absolute atomic E-state index is 0.00447. The summed E-state index contributed by atoms with van der Waals surface area (Å²) in [6.07, 6.45) is -0.281. The Morgan fingerprint density at radius 2 is 1.84 bits per heavy atom. The van der Waals surface area contributed by atoms with Crippen LogP contribution < -0.4 is 5.32 Å². The summed E-state index contributed by atoms with van der Waals surface area (Å²) in [5.41, 5.74) is -1.15. The summed E-state index contributed by atoms with van der Waals surface area (Å²) in [4.78, 5) is 12.2. The number of rotatable bonds is 5. The molecule has 0 aliphatic carbocycles. The predicted octanol–water partition coefficient (Wildman–Crippen LogP) is 2.56. The van der Waals surface area contributed by atoms with Crippen LogP contribution in [-0.4, -0.2) is 37.4 Å². The van der Waals surface area contributed by atoms with Crippen molar-refractivity contribution in [2.75, 3.05) is 13.1 Å². The van der Waals surface area contributed by atoms with Crippen LogP contribution in [0.25, 0.3) is 0 Å². The zero-order valence-electron chi connectivity index (χ0n) is 13.5. The van der Waals surface area contributed by atoms with Crippen molar-refractivity contribution in [1.29, 1.82) is 0 Å². The van der Waals surface area contributed by atoms with Crippen LogP contribution in [-0.2, 0) is 21.4 Å². The van der Waals surface area contributed by atoms with E-state index < -0.39 is 21.6 Å². The van der Waals surface area contributed by atoms with Gasteiger partial charge in [0.1, 0.15) is 4.21 Å². The Morgan fingerprint density at radius 1 is 1.16 bits per heavy atom. The molecule has 1 aliphatic rings. The number of benzene rings is 1. The van der Waals surface area contributed by atoms with Crippen molar-refractivity contribution < 1.29 is 17.6 Å². The molecule has 0 radical (unpaired) electrons. The summed E-state index contributed by atoms with van der Waals surface area (Å²) in [5.74, 6) is -0.676. The van der Waals surface area contributed by atoms with Crippen LogP contribution in [0.3, 0.4) is 0 Å². The first-order valence-electron chi connectivity index (χ1n) is 7.97. The molecular formula is C17H19FN2O3S2. The van der Waals surface area contributed by atoms with Gasteiger partial charge in [0.25, 0.3) is 15.9 Å². The lowest BCUT2D eigenvalue weighted by atomic mass is 9.93. The molecule has 1 aliphatic heterocycles. The maximum Gasteiger partial charge on any atom is 0.258 e. The average Bonchev–Trinajstić information content (AvgIpc) is 3.16. The third-order valence-electron chi connectivity index (χ3n) is 4.31. The summed E-state index contributed by atoms with van der Waals surface area (Å²) in [5, 5.41) is 4.30. The highest BCUT2D eigenvalue weighted by Crippen LogP contribution is 2.31. The topological polar surface area (TPSA) is 66.5 Å². The molecule has 1 aromatic heterocycles. The van der Waals surface area contributed by atoms with Crippen LogP contribution >= 0.6 is 11.3 Å². The van der Waals surface area contributed by atoms with Crippen LogP contribution in [0.15, 0.2) is 52.1 Å². The third kappa shape index (κ3) is 3.91. The van der Waals surface area contributed by atoms with Gasteiger partial charge in [0.15, 0.2) is 5.67 Å². The van der Waals surface area contributed by atoms with Gasteiger partial charge < -0.3 is 5.32 Å². The van der Waals surface area contributed by atoms with Gasteiger partial charge in [-0.3, -0.25) is 4.79 Å². The first kappa shape index (κ1) is 18.0. The molecule has 3 rings (SSSR count). The van der Waals surface area contributed by atoms with Crippen molar-refractivity contribution in [3.63, 3.8) is 0 Å². The fourth-order valence-corrected chi connectivity index (χ4v) is 5.37. The highest BCUT2D eigenvalue weighted by molar-refractivity contribution is 7.91. The molecule has 0 spiro atoms. The normalized spacial score (nSPS) is 18.0. The number of carbonyl (C=O) groups is 1. The van der Waals surface area contributed by atoms with Crippen LogP contribution in [0.2, 0.25) is 0 Å². The van der Waals surface area contributed by atoms with Gasteiger partial charge in [-0.2, -0.15) is 4.31 Å². The molecule has 2 heterocycles. The fraction of sp³-hybridized carbons (Fsp3) is 0.353. The molecule has 1 aromatic carbocycles. The molecule has 2 aromatic rings. The molecule has 1 N–H and O–H groups in total. The monoisotopic (exact) mass is 382 g/mol. The Bertz CT molecular complexity index is 815. The summed E-state index contributed by atoms with van der Waals surface area (Å²) >= 11 is 1.13. The van der Waals surface area contributed by atoms with E-state index in [2.05, 4.69) is 5.32 Å². The number of piperidine rings is 1. The molecule has 0 bridgehead atoms. The molecule has 0 atom stereocenters. The highest BCUT2D eigenvalue weighted by Gasteiger charge is 2.44.